The molecule has 1 fully saturated rings. The third-order valence-corrected chi connectivity index (χ3v) is 3.47. The molecule has 2 nitrogen and oxygen atoms in total. The average Bonchev–Trinajstić information content (AvgIpc) is 2.97. The fourth-order valence-corrected chi connectivity index (χ4v) is 2.24. The van der Waals surface area contributed by atoms with Crippen LogP contribution in [0.2, 0.25) is 0 Å². The van der Waals surface area contributed by atoms with Crippen molar-refractivity contribution in [3.05, 3.63) is 22.8 Å². The summed E-state index contributed by atoms with van der Waals surface area (Å²) in [5.74, 6) is 2.84. The Hall–Kier alpha value is -0.570. The minimum Gasteiger partial charge on any atom is -0.370 e. The van der Waals surface area contributed by atoms with Crippen LogP contribution in [-0.4, -0.2) is 11.5 Å². The van der Waals surface area contributed by atoms with Crippen LogP contribution in [0, 0.1) is 11.8 Å². The van der Waals surface area contributed by atoms with Crippen LogP contribution in [0.4, 0.5) is 5.82 Å². The van der Waals surface area contributed by atoms with Gasteiger partial charge in [-0.15, -0.1) is 0 Å². The molecular formula is C12H17BrN2. The monoisotopic (exact) mass is 268 g/mol. The Morgan fingerprint density at radius 2 is 2.33 bits per heavy atom. The van der Waals surface area contributed by atoms with E-state index in [1.807, 2.05) is 18.3 Å². The Balaban J connectivity index is 1.73. The highest BCUT2D eigenvalue weighted by Gasteiger charge is 2.35. The van der Waals surface area contributed by atoms with Crippen molar-refractivity contribution >= 4 is 21.7 Å². The molecule has 2 unspecified atom stereocenters. The van der Waals surface area contributed by atoms with Gasteiger partial charge in [-0.3, -0.25) is 0 Å². The first-order chi connectivity index (χ1) is 7.29. The first-order valence-corrected chi connectivity index (χ1v) is 6.44. The smallest absolute Gasteiger partial charge is 0.125 e. The average molecular weight is 269 g/mol. The second-order valence-electron chi connectivity index (χ2n) is 4.29. The maximum atomic E-state index is 4.29. The number of aromatic nitrogens is 1. The molecular weight excluding hydrogens is 252 g/mol. The lowest BCUT2D eigenvalue weighted by Crippen LogP contribution is -2.06. The van der Waals surface area contributed by atoms with Gasteiger partial charge < -0.3 is 5.32 Å². The van der Waals surface area contributed by atoms with Gasteiger partial charge >= 0.3 is 0 Å². The highest BCUT2D eigenvalue weighted by atomic mass is 79.9. The Kier molecular flexibility index (Phi) is 3.62. The van der Waals surface area contributed by atoms with E-state index < -0.39 is 0 Å². The van der Waals surface area contributed by atoms with Gasteiger partial charge in [0.1, 0.15) is 5.82 Å². The zero-order chi connectivity index (χ0) is 10.7. The summed E-state index contributed by atoms with van der Waals surface area (Å²) in [6.07, 6.45) is 5.94. The van der Waals surface area contributed by atoms with E-state index in [0.717, 1.165) is 28.7 Å². The Morgan fingerprint density at radius 3 is 3.00 bits per heavy atom. The summed E-state index contributed by atoms with van der Waals surface area (Å²) in [4.78, 5) is 4.29. The predicted molar refractivity (Wildman–Crippen MR) is 66.9 cm³/mol. The Morgan fingerprint density at radius 1 is 1.47 bits per heavy atom. The molecule has 0 aliphatic heterocycles. The summed E-state index contributed by atoms with van der Waals surface area (Å²) in [5, 5.41) is 3.39. The molecule has 1 aromatic heterocycles. The minimum atomic E-state index is 0.885. The Bertz CT molecular complexity index is 310. The van der Waals surface area contributed by atoms with E-state index in [4.69, 9.17) is 0 Å². The molecule has 1 aromatic rings. The Labute approximate surface area is 99.6 Å². The van der Waals surface area contributed by atoms with E-state index in [2.05, 4.69) is 33.2 Å². The molecule has 1 aliphatic rings. The predicted octanol–water partition coefficient (Wildman–Crippen LogP) is 3.69. The molecule has 0 amide bonds. The number of halogens is 1. The van der Waals surface area contributed by atoms with Crippen LogP contribution in [0.5, 0.6) is 0 Å². The molecule has 3 heteroatoms. The minimum absolute atomic E-state index is 0.885. The van der Waals surface area contributed by atoms with Gasteiger partial charge in [0.05, 0.1) is 0 Å². The van der Waals surface area contributed by atoms with Gasteiger partial charge in [-0.25, -0.2) is 4.98 Å². The third-order valence-electron chi connectivity index (χ3n) is 3.00. The molecule has 1 saturated carbocycles. The molecule has 0 radical (unpaired) electrons. The largest absolute Gasteiger partial charge is 0.370 e. The van der Waals surface area contributed by atoms with Gasteiger partial charge in [0.25, 0.3) is 0 Å². The van der Waals surface area contributed by atoms with Crippen LogP contribution in [0.1, 0.15) is 26.2 Å². The zero-order valence-electron chi connectivity index (χ0n) is 9.04. The van der Waals surface area contributed by atoms with Crippen molar-refractivity contribution in [3.63, 3.8) is 0 Å². The van der Waals surface area contributed by atoms with Gasteiger partial charge in [0.2, 0.25) is 0 Å². The first-order valence-electron chi connectivity index (χ1n) is 5.65. The number of hydrogen-bond acceptors (Lipinski definition) is 2. The van der Waals surface area contributed by atoms with E-state index in [-0.39, 0.29) is 0 Å². The van der Waals surface area contributed by atoms with Crippen LogP contribution < -0.4 is 5.32 Å². The number of pyridine rings is 1. The molecule has 2 rings (SSSR count). The fraction of sp³-hybridized carbons (Fsp3) is 0.583. The SMILES string of the molecule is CCCC1CC1CNc1ccc(Br)cn1. The quantitative estimate of drug-likeness (QED) is 0.881. The molecule has 0 bridgehead atoms. The number of nitrogens with zero attached hydrogens (tertiary/aromatic N) is 1. The standard InChI is InChI=1S/C12H17BrN2/c1-2-3-9-6-10(9)7-14-12-5-4-11(13)8-15-12/h4-5,8-10H,2-3,6-7H2,1H3,(H,14,15). The van der Waals surface area contributed by atoms with Gasteiger partial charge in [0.15, 0.2) is 0 Å². The lowest BCUT2D eigenvalue weighted by Gasteiger charge is -2.04. The van der Waals surface area contributed by atoms with Crippen LogP contribution in [0.25, 0.3) is 0 Å². The van der Waals surface area contributed by atoms with Crippen molar-refractivity contribution in [2.24, 2.45) is 11.8 Å². The summed E-state index contributed by atoms with van der Waals surface area (Å²) >= 11 is 3.38. The van der Waals surface area contributed by atoms with Crippen molar-refractivity contribution in [2.45, 2.75) is 26.2 Å². The normalized spacial score (nSPS) is 23.9. The topological polar surface area (TPSA) is 24.9 Å². The van der Waals surface area contributed by atoms with E-state index in [1.54, 1.807) is 0 Å². The van der Waals surface area contributed by atoms with E-state index in [0.29, 0.717) is 0 Å². The van der Waals surface area contributed by atoms with Crippen molar-refractivity contribution < 1.29 is 0 Å². The summed E-state index contributed by atoms with van der Waals surface area (Å²) in [7, 11) is 0. The molecule has 1 heterocycles. The number of rotatable bonds is 5. The zero-order valence-corrected chi connectivity index (χ0v) is 10.6. The van der Waals surface area contributed by atoms with Crippen LogP contribution in [-0.2, 0) is 0 Å². The van der Waals surface area contributed by atoms with E-state index in [9.17, 15) is 0 Å². The number of hydrogen-bond donors (Lipinski definition) is 1. The van der Waals surface area contributed by atoms with Gasteiger partial charge in [-0.1, -0.05) is 19.8 Å². The maximum absolute atomic E-state index is 4.29. The lowest BCUT2D eigenvalue weighted by atomic mass is 10.2. The van der Waals surface area contributed by atoms with Gasteiger partial charge in [-0.2, -0.15) is 0 Å². The second-order valence-corrected chi connectivity index (χ2v) is 5.20. The molecule has 0 aromatic carbocycles. The molecule has 0 saturated heterocycles. The molecule has 1 N–H and O–H groups in total. The molecule has 15 heavy (non-hydrogen) atoms. The van der Waals surface area contributed by atoms with Gasteiger partial charge in [-0.05, 0) is 46.3 Å². The summed E-state index contributed by atoms with van der Waals surface area (Å²) in [6, 6.07) is 4.03. The molecule has 82 valence electrons. The van der Waals surface area contributed by atoms with Crippen molar-refractivity contribution in [1.29, 1.82) is 0 Å². The van der Waals surface area contributed by atoms with Gasteiger partial charge in [0, 0.05) is 17.2 Å². The summed E-state index contributed by atoms with van der Waals surface area (Å²) in [5.41, 5.74) is 0. The van der Waals surface area contributed by atoms with Crippen LogP contribution in [0.3, 0.4) is 0 Å². The molecule has 2 atom stereocenters. The number of nitrogens with one attached hydrogen (secondary N) is 1. The third kappa shape index (κ3) is 3.20. The fourth-order valence-electron chi connectivity index (χ4n) is 2.00. The van der Waals surface area contributed by atoms with Crippen LogP contribution in [0.15, 0.2) is 22.8 Å². The van der Waals surface area contributed by atoms with Crippen molar-refractivity contribution in [2.75, 3.05) is 11.9 Å². The lowest BCUT2D eigenvalue weighted by molar-refractivity contribution is 0.646. The summed E-state index contributed by atoms with van der Waals surface area (Å²) in [6.45, 7) is 3.35. The first kappa shape index (κ1) is 10.9. The molecule has 1 aliphatic carbocycles. The summed E-state index contributed by atoms with van der Waals surface area (Å²) < 4.78 is 1.03. The van der Waals surface area contributed by atoms with Crippen molar-refractivity contribution in [1.82, 2.24) is 4.98 Å². The molecule has 0 spiro atoms. The highest BCUT2D eigenvalue weighted by Crippen LogP contribution is 2.41. The number of anilines is 1. The van der Waals surface area contributed by atoms with E-state index in [1.165, 1.54) is 19.3 Å². The second kappa shape index (κ2) is 4.97. The van der Waals surface area contributed by atoms with Crippen molar-refractivity contribution in [3.8, 4) is 0 Å². The highest BCUT2D eigenvalue weighted by molar-refractivity contribution is 9.10. The van der Waals surface area contributed by atoms with Crippen LogP contribution >= 0.6 is 15.9 Å². The maximum Gasteiger partial charge on any atom is 0.125 e. The van der Waals surface area contributed by atoms with E-state index >= 15 is 0 Å².